The molecule has 4 nitrogen and oxygen atoms in total. The van der Waals surface area contributed by atoms with Crippen molar-refractivity contribution in [2.45, 2.75) is 6.42 Å². The summed E-state index contributed by atoms with van der Waals surface area (Å²) in [6.45, 7) is 0. The minimum atomic E-state index is -0.754. The number of rotatable bonds is 0. The zero-order valence-electron chi connectivity index (χ0n) is 6.03. The van der Waals surface area contributed by atoms with Crippen molar-refractivity contribution in [3.8, 4) is 12.1 Å². The molecule has 1 aliphatic rings. The molecule has 12 heavy (non-hydrogen) atoms. The van der Waals surface area contributed by atoms with Crippen molar-refractivity contribution >= 4 is 18.5 Å². The van der Waals surface area contributed by atoms with Crippen LogP contribution in [0.1, 0.15) is 6.42 Å². The van der Waals surface area contributed by atoms with Gasteiger partial charge in [-0.1, -0.05) is 0 Å². The summed E-state index contributed by atoms with van der Waals surface area (Å²) in [6, 6.07) is 3.68. The molecular weight excluding hydrogens is 174 g/mol. The molecule has 1 rings (SSSR count). The predicted octanol–water partition coefficient (Wildman–Crippen LogP) is 0.311. The summed E-state index contributed by atoms with van der Waals surface area (Å²) in [5, 5.41) is 19.6. The third kappa shape index (κ3) is 1.41. The molecule has 0 aliphatic carbocycles. The van der Waals surface area contributed by atoms with Gasteiger partial charge in [-0.15, -0.1) is 12.6 Å². The van der Waals surface area contributed by atoms with Gasteiger partial charge in [0.05, 0.1) is 22.7 Å². The monoisotopic (exact) mass is 179 g/mol. The molecule has 1 N–H and O–H groups in total. The SMILES string of the molecule is N#CC1=C(S)NC(=O)C(C#N)C1. The smallest absolute Gasteiger partial charge is 0.242 e. The lowest BCUT2D eigenvalue weighted by molar-refractivity contribution is -0.122. The molecule has 1 amide bonds. The minimum absolute atomic E-state index is 0.164. The van der Waals surface area contributed by atoms with Crippen molar-refractivity contribution in [3.63, 3.8) is 0 Å². The lowest BCUT2D eigenvalue weighted by atomic mass is 9.98. The molecule has 0 aromatic heterocycles. The van der Waals surface area contributed by atoms with Crippen molar-refractivity contribution < 1.29 is 4.79 Å². The van der Waals surface area contributed by atoms with Gasteiger partial charge in [0.15, 0.2) is 0 Å². The van der Waals surface area contributed by atoms with Crippen LogP contribution in [0.3, 0.4) is 0 Å². The first-order valence-corrected chi connectivity index (χ1v) is 3.66. The largest absolute Gasteiger partial charge is 0.319 e. The Bertz CT molecular complexity index is 334. The highest BCUT2D eigenvalue weighted by Gasteiger charge is 2.26. The number of carbonyl (C=O) groups excluding carboxylic acids is 1. The number of nitrogens with one attached hydrogen (secondary N) is 1. The number of thiol groups is 1. The van der Waals surface area contributed by atoms with Crippen LogP contribution in [-0.2, 0) is 4.79 Å². The Hall–Kier alpha value is -1.46. The van der Waals surface area contributed by atoms with Crippen molar-refractivity contribution in [3.05, 3.63) is 10.6 Å². The van der Waals surface area contributed by atoms with Crippen LogP contribution in [0.25, 0.3) is 0 Å². The second kappa shape index (κ2) is 3.29. The van der Waals surface area contributed by atoms with Gasteiger partial charge < -0.3 is 5.32 Å². The Morgan fingerprint density at radius 3 is 2.75 bits per heavy atom. The molecule has 0 saturated heterocycles. The average molecular weight is 179 g/mol. The fourth-order valence-corrected chi connectivity index (χ4v) is 1.13. The van der Waals surface area contributed by atoms with Gasteiger partial charge >= 0.3 is 0 Å². The third-order valence-corrected chi connectivity index (χ3v) is 1.92. The fourth-order valence-electron chi connectivity index (χ4n) is 0.876. The number of nitrogens with zero attached hydrogens (tertiary/aromatic N) is 2. The van der Waals surface area contributed by atoms with E-state index in [4.69, 9.17) is 10.5 Å². The molecule has 0 radical (unpaired) electrons. The molecular formula is C7H5N3OS. The molecule has 0 fully saturated rings. The van der Waals surface area contributed by atoms with Gasteiger partial charge in [0.25, 0.3) is 0 Å². The second-order valence-corrected chi connectivity index (χ2v) is 2.76. The summed E-state index contributed by atoms with van der Waals surface area (Å²) < 4.78 is 0. The maximum Gasteiger partial charge on any atom is 0.242 e. The Balaban J connectivity index is 2.95. The van der Waals surface area contributed by atoms with Crippen molar-refractivity contribution in [1.82, 2.24) is 5.32 Å². The topological polar surface area (TPSA) is 76.7 Å². The normalized spacial score (nSPS) is 22.6. The molecule has 0 aromatic carbocycles. The van der Waals surface area contributed by atoms with Gasteiger partial charge in [-0.3, -0.25) is 4.79 Å². The molecule has 5 heteroatoms. The molecule has 1 aliphatic heterocycles. The third-order valence-electron chi connectivity index (χ3n) is 1.54. The van der Waals surface area contributed by atoms with E-state index in [2.05, 4.69) is 17.9 Å². The number of allylic oxidation sites excluding steroid dienone is 1. The Kier molecular flexibility index (Phi) is 2.37. The molecule has 1 atom stereocenters. The maximum absolute atomic E-state index is 11.0. The van der Waals surface area contributed by atoms with Crippen LogP contribution in [0.15, 0.2) is 10.6 Å². The van der Waals surface area contributed by atoms with E-state index in [1.54, 1.807) is 0 Å². The summed E-state index contributed by atoms with van der Waals surface area (Å²) in [5.74, 6) is -1.14. The van der Waals surface area contributed by atoms with Crippen LogP contribution in [0, 0.1) is 28.6 Å². The molecule has 1 unspecified atom stereocenters. The van der Waals surface area contributed by atoms with Crippen molar-refractivity contribution in [2.75, 3.05) is 0 Å². The maximum atomic E-state index is 11.0. The number of nitriles is 2. The van der Waals surface area contributed by atoms with Crippen molar-refractivity contribution in [2.24, 2.45) is 5.92 Å². The Labute approximate surface area is 74.9 Å². The van der Waals surface area contributed by atoms with E-state index in [1.807, 2.05) is 12.1 Å². The lowest BCUT2D eigenvalue weighted by Crippen LogP contribution is -2.33. The highest BCUT2D eigenvalue weighted by Crippen LogP contribution is 2.20. The predicted molar refractivity (Wildman–Crippen MR) is 43.5 cm³/mol. The summed E-state index contributed by atoms with van der Waals surface area (Å²) >= 11 is 3.89. The van der Waals surface area contributed by atoms with Gasteiger partial charge in [0, 0.05) is 6.42 Å². The molecule has 0 bridgehead atoms. The van der Waals surface area contributed by atoms with E-state index in [9.17, 15) is 4.79 Å². The van der Waals surface area contributed by atoms with Gasteiger partial charge in [-0.2, -0.15) is 10.5 Å². The van der Waals surface area contributed by atoms with E-state index in [0.717, 1.165) is 0 Å². The van der Waals surface area contributed by atoms with Crippen LogP contribution in [0.4, 0.5) is 0 Å². The number of hydrogen-bond donors (Lipinski definition) is 2. The number of amides is 1. The summed E-state index contributed by atoms with van der Waals surface area (Å²) in [7, 11) is 0. The van der Waals surface area contributed by atoms with Crippen LogP contribution in [-0.4, -0.2) is 5.91 Å². The highest BCUT2D eigenvalue weighted by atomic mass is 32.1. The standard InChI is InChI=1S/C7H5N3OS/c8-2-4-1-5(3-9)7(12)10-6(4)11/h4,12H,1H2,(H,10,11). The van der Waals surface area contributed by atoms with Crippen LogP contribution in [0.5, 0.6) is 0 Å². The average Bonchev–Trinajstić information content (AvgIpc) is 2.05. The summed E-state index contributed by atoms with van der Waals surface area (Å²) in [4.78, 5) is 11.0. The van der Waals surface area contributed by atoms with Crippen LogP contribution >= 0.6 is 12.6 Å². The lowest BCUT2D eigenvalue weighted by Gasteiger charge is -2.16. The van der Waals surface area contributed by atoms with Gasteiger partial charge in [0.1, 0.15) is 5.92 Å². The van der Waals surface area contributed by atoms with Gasteiger partial charge in [0.2, 0.25) is 5.91 Å². The molecule has 60 valence electrons. The highest BCUT2D eigenvalue weighted by molar-refractivity contribution is 7.84. The quantitative estimate of drug-likeness (QED) is 0.525. The minimum Gasteiger partial charge on any atom is -0.319 e. The molecule has 0 aromatic rings. The fraction of sp³-hybridized carbons (Fsp3) is 0.286. The Morgan fingerprint density at radius 1 is 1.58 bits per heavy atom. The van der Waals surface area contributed by atoms with E-state index >= 15 is 0 Å². The van der Waals surface area contributed by atoms with Gasteiger partial charge in [-0.05, 0) is 0 Å². The van der Waals surface area contributed by atoms with E-state index < -0.39 is 5.92 Å². The van der Waals surface area contributed by atoms with Crippen LogP contribution in [0.2, 0.25) is 0 Å². The summed E-state index contributed by atoms with van der Waals surface area (Å²) in [6.07, 6.45) is 0.164. The van der Waals surface area contributed by atoms with E-state index in [1.165, 1.54) is 0 Å². The zero-order chi connectivity index (χ0) is 9.14. The zero-order valence-corrected chi connectivity index (χ0v) is 6.93. The van der Waals surface area contributed by atoms with Crippen LogP contribution < -0.4 is 5.32 Å². The first kappa shape index (κ1) is 8.63. The first-order chi connectivity index (χ1) is 5.69. The van der Waals surface area contributed by atoms with Crippen molar-refractivity contribution in [1.29, 1.82) is 10.5 Å². The number of carbonyl (C=O) groups is 1. The molecule has 1 heterocycles. The van der Waals surface area contributed by atoms with E-state index in [-0.39, 0.29) is 17.4 Å². The first-order valence-electron chi connectivity index (χ1n) is 3.21. The second-order valence-electron chi connectivity index (χ2n) is 2.31. The number of hydrogen-bond acceptors (Lipinski definition) is 4. The molecule has 0 spiro atoms. The Morgan fingerprint density at radius 2 is 2.25 bits per heavy atom. The summed E-state index contributed by atoms with van der Waals surface area (Å²) in [5.41, 5.74) is 0.351. The van der Waals surface area contributed by atoms with E-state index in [0.29, 0.717) is 5.57 Å². The van der Waals surface area contributed by atoms with Gasteiger partial charge in [-0.25, -0.2) is 0 Å². The molecule has 0 saturated carbocycles.